The van der Waals surface area contributed by atoms with Crippen LogP contribution < -0.4 is 5.32 Å². The Morgan fingerprint density at radius 1 is 1.47 bits per heavy atom. The molecule has 17 heavy (non-hydrogen) atoms. The first-order valence-corrected chi connectivity index (χ1v) is 6.15. The number of halogens is 2. The van der Waals surface area contributed by atoms with Crippen LogP contribution >= 0.6 is 23.2 Å². The summed E-state index contributed by atoms with van der Waals surface area (Å²) >= 11 is 11.7. The van der Waals surface area contributed by atoms with Crippen molar-refractivity contribution in [1.82, 2.24) is 5.32 Å². The van der Waals surface area contributed by atoms with Crippen LogP contribution in [0.2, 0.25) is 5.02 Å². The Bertz CT molecular complexity index is 407. The van der Waals surface area contributed by atoms with Crippen molar-refractivity contribution in [3.05, 3.63) is 28.8 Å². The molecule has 2 unspecified atom stereocenters. The average Bonchev–Trinajstić information content (AvgIpc) is 2.20. The van der Waals surface area contributed by atoms with Crippen molar-refractivity contribution in [2.75, 3.05) is 0 Å². The van der Waals surface area contributed by atoms with Gasteiger partial charge in [-0.1, -0.05) is 11.6 Å². The van der Waals surface area contributed by atoms with Crippen molar-refractivity contribution in [3.63, 3.8) is 0 Å². The molecule has 94 valence electrons. The van der Waals surface area contributed by atoms with Crippen molar-refractivity contribution in [2.45, 2.75) is 31.7 Å². The Morgan fingerprint density at radius 3 is 2.71 bits per heavy atom. The third-order valence-corrected chi connectivity index (χ3v) is 2.76. The molecular weight excluding hydrogens is 261 g/mol. The molecule has 0 aliphatic heterocycles. The standard InChI is InChI=1S/C12H15Cl2NO2/c1-7(13)5-8(2)15-12(17)10-6-9(16)3-4-11(10)14/h3-4,6-8,16H,5H2,1-2H3,(H,15,17). The zero-order chi connectivity index (χ0) is 13.0. The zero-order valence-corrected chi connectivity index (χ0v) is 11.2. The van der Waals surface area contributed by atoms with Gasteiger partial charge in [-0.25, -0.2) is 0 Å². The number of aromatic hydroxyl groups is 1. The van der Waals surface area contributed by atoms with E-state index in [1.54, 1.807) is 0 Å². The summed E-state index contributed by atoms with van der Waals surface area (Å²) in [6, 6.07) is 4.21. The highest BCUT2D eigenvalue weighted by Gasteiger charge is 2.14. The lowest BCUT2D eigenvalue weighted by molar-refractivity contribution is 0.0938. The normalized spacial score (nSPS) is 14.1. The van der Waals surface area contributed by atoms with E-state index in [0.717, 1.165) is 0 Å². The van der Waals surface area contributed by atoms with Crippen molar-refractivity contribution in [1.29, 1.82) is 0 Å². The lowest BCUT2D eigenvalue weighted by Crippen LogP contribution is -2.34. The molecule has 0 saturated heterocycles. The molecule has 0 aliphatic carbocycles. The summed E-state index contributed by atoms with van der Waals surface area (Å²) in [4.78, 5) is 11.9. The monoisotopic (exact) mass is 275 g/mol. The Kier molecular flexibility index (Phi) is 5.09. The number of hydrogen-bond acceptors (Lipinski definition) is 2. The number of benzene rings is 1. The fraction of sp³-hybridized carbons (Fsp3) is 0.417. The second-order valence-electron chi connectivity index (χ2n) is 4.06. The largest absolute Gasteiger partial charge is 0.508 e. The third kappa shape index (κ3) is 4.44. The van der Waals surface area contributed by atoms with Gasteiger partial charge in [-0.05, 0) is 38.5 Å². The molecule has 1 amide bonds. The van der Waals surface area contributed by atoms with Crippen LogP contribution in [-0.4, -0.2) is 22.4 Å². The van der Waals surface area contributed by atoms with Crippen LogP contribution in [-0.2, 0) is 0 Å². The van der Waals surface area contributed by atoms with Crippen LogP contribution in [0.3, 0.4) is 0 Å². The van der Waals surface area contributed by atoms with Crippen molar-refractivity contribution in [3.8, 4) is 5.75 Å². The molecule has 1 aromatic rings. The molecule has 0 fully saturated rings. The van der Waals surface area contributed by atoms with Crippen LogP contribution in [0.15, 0.2) is 18.2 Å². The van der Waals surface area contributed by atoms with Gasteiger partial charge in [0.15, 0.2) is 0 Å². The second kappa shape index (κ2) is 6.12. The summed E-state index contributed by atoms with van der Waals surface area (Å²) in [5, 5.41) is 12.4. The number of rotatable bonds is 4. The van der Waals surface area contributed by atoms with E-state index in [0.29, 0.717) is 11.4 Å². The molecule has 0 bridgehead atoms. The van der Waals surface area contributed by atoms with E-state index in [2.05, 4.69) is 5.32 Å². The van der Waals surface area contributed by atoms with Gasteiger partial charge >= 0.3 is 0 Å². The maximum Gasteiger partial charge on any atom is 0.253 e. The molecule has 0 heterocycles. The predicted molar refractivity (Wildman–Crippen MR) is 70.0 cm³/mol. The maximum absolute atomic E-state index is 11.9. The molecular formula is C12H15Cl2NO2. The van der Waals surface area contributed by atoms with Gasteiger partial charge in [-0.2, -0.15) is 0 Å². The number of phenols is 1. The van der Waals surface area contributed by atoms with Gasteiger partial charge in [0.1, 0.15) is 5.75 Å². The van der Waals surface area contributed by atoms with E-state index < -0.39 is 0 Å². The molecule has 0 aliphatic rings. The Labute approximate surface area is 111 Å². The number of alkyl halides is 1. The highest BCUT2D eigenvalue weighted by atomic mass is 35.5. The highest BCUT2D eigenvalue weighted by Crippen LogP contribution is 2.21. The molecule has 3 nitrogen and oxygen atoms in total. The molecule has 0 radical (unpaired) electrons. The minimum absolute atomic E-state index is 0.00931. The lowest BCUT2D eigenvalue weighted by atomic mass is 10.1. The molecule has 0 spiro atoms. The quantitative estimate of drug-likeness (QED) is 0.830. The third-order valence-electron chi connectivity index (χ3n) is 2.25. The number of amides is 1. The maximum atomic E-state index is 11.9. The SMILES string of the molecule is CC(Cl)CC(C)NC(=O)c1cc(O)ccc1Cl. The Balaban J connectivity index is 2.73. The fourth-order valence-electron chi connectivity index (χ4n) is 1.53. The predicted octanol–water partition coefficient (Wildman–Crippen LogP) is 3.18. The molecule has 2 atom stereocenters. The summed E-state index contributed by atoms with van der Waals surface area (Å²) in [5.41, 5.74) is 0.265. The minimum atomic E-state index is -0.310. The zero-order valence-electron chi connectivity index (χ0n) is 9.71. The molecule has 0 saturated carbocycles. The van der Waals surface area contributed by atoms with Crippen LogP contribution in [0.25, 0.3) is 0 Å². The van der Waals surface area contributed by atoms with Gasteiger partial charge in [-0.3, -0.25) is 4.79 Å². The number of hydrogen-bond donors (Lipinski definition) is 2. The van der Waals surface area contributed by atoms with Gasteiger partial charge in [-0.15, -0.1) is 11.6 Å². The molecule has 5 heteroatoms. The van der Waals surface area contributed by atoms with Crippen molar-refractivity contribution >= 4 is 29.1 Å². The molecule has 2 N–H and O–H groups in total. The van der Waals surface area contributed by atoms with E-state index in [1.165, 1.54) is 18.2 Å². The summed E-state index contributed by atoms with van der Waals surface area (Å²) < 4.78 is 0. The highest BCUT2D eigenvalue weighted by molar-refractivity contribution is 6.33. The van der Waals surface area contributed by atoms with E-state index in [4.69, 9.17) is 23.2 Å². The first kappa shape index (κ1) is 14.1. The van der Waals surface area contributed by atoms with Crippen molar-refractivity contribution < 1.29 is 9.90 Å². The Hall–Kier alpha value is -0.930. The first-order chi connectivity index (χ1) is 7.90. The topological polar surface area (TPSA) is 49.3 Å². The second-order valence-corrected chi connectivity index (χ2v) is 5.21. The van der Waals surface area contributed by atoms with Crippen molar-refractivity contribution in [2.24, 2.45) is 0 Å². The minimum Gasteiger partial charge on any atom is -0.508 e. The summed E-state index contributed by atoms with van der Waals surface area (Å²) in [7, 11) is 0. The number of phenolic OH excluding ortho intramolecular Hbond substituents is 1. The smallest absolute Gasteiger partial charge is 0.253 e. The van der Waals surface area contributed by atoms with Gasteiger partial charge in [0.2, 0.25) is 0 Å². The van der Waals surface area contributed by atoms with Crippen LogP contribution in [0, 0.1) is 0 Å². The van der Waals surface area contributed by atoms with E-state index in [-0.39, 0.29) is 28.6 Å². The fourth-order valence-corrected chi connectivity index (χ4v) is 2.01. The summed E-state index contributed by atoms with van der Waals surface area (Å²) in [5.74, 6) is -0.298. The average molecular weight is 276 g/mol. The van der Waals surface area contributed by atoms with E-state index in [1.807, 2.05) is 13.8 Å². The van der Waals surface area contributed by atoms with Crippen LogP contribution in [0.1, 0.15) is 30.6 Å². The summed E-state index contributed by atoms with van der Waals surface area (Å²) in [6.45, 7) is 3.74. The number of carbonyl (C=O) groups excluding carboxylic acids is 1. The van der Waals surface area contributed by atoms with Gasteiger partial charge in [0.25, 0.3) is 5.91 Å². The van der Waals surface area contributed by atoms with Gasteiger partial charge < -0.3 is 10.4 Å². The van der Waals surface area contributed by atoms with E-state index in [9.17, 15) is 9.90 Å². The first-order valence-electron chi connectivity index (χ1n) is 5.33. The summed E-state index contributed by atoms with van der Waals surface area (Å²) in [6.07, 6.45) is 0.670. The molecule has 0 aromatic heterocycles. The van der Waals surface area contributed by atoms with Gasteiger partial charge in [0.05, 0.1) is 10.6 Å². The van der Waals surface area contributed by atoms with Gasteiger partial charge in [0, 0.05) is 11.4 Å². The molecule has 1 aromatic carbocycles. The van der Waals surface area contributed by atoms with Crippen LogP contribution in [0.4, 0.5) is 0 Å². The number of carbonyl (C=O) groups is 1. The number of nitrogens with one attached hydrogen (secondary N) is 1. The lowest BCUT2D eigenvalue weighted by Gasteiger charge is -2.15. The molecule has 1 rings (SSSR count). The van der Waals surface area contributed by atoms with Crippen LogP contribution in [0.5, 0.6) is 5.75 Å². The Morgan fingerprint density at radius 2 is 2.12 bits per heavy atom. The van der Waals surface area contributed by atoms with E-state index >= 15 is 0 Å².